The molecule has 0 amide bonds. The second kappa shape index (κ2) is 14.6. The van der Waals surface area contributed by atoms with Crippen LogP contribution in [0.15, 0.2) is 47.1 Å². The van der Waals surface area contributed by atoms with Crippen molar-refractivity contribution in [1.82, 2.24) is 0 Å². The molecule has 1 aromatic rings. The fraction of sp³-hybridized carbons (Fsp3) is 0.615. The highest BCUT2D eigenvalue weighted by atomic mass is 16.5. The Kier molecular flexibility index (Phi) is 10.8. The maximum atomic E-state index is 12.4. The van der Waals surface area contributed by atoms with E-state index in [0.29, 0.717) is 24.9 Å². The third-order valence-corrected chi connectivity index (χ3v) is 11.4. The van der Waals surface area contributed by atoms with E-state index < -0.39 is 11.6 Å². The van der Waals surface area contributed by atoms with Crippen LogP contribution in [0.4, 0.5) is 5.69 Å². The lowest BCUT2D eigenvalue weighted by Crippen LogP contribution is -2.51. The highest BCUT2D eigenvalue weighted by Gasteiger charge is 2.62. The second-order valence-corrected chi connectivity index (χ2v) is 14.0. The number of ketones is 1. The number of anilines is 1. The molecule has 0 unspecified atom stereocenters. The first-order valence-corrected chi connectivity index (χ1v) is 17.3. The molecule has 0 heterocycles. The summed E-state index contributed by atoms with van der Waals surface area (Å²) < 4.78 is 9.77. The molecule has 248 valence electrons. The predicted molar refractivity (Wildman–Crippen MR) is 179 cm³/mol. The van der Waals surface area contributed by atoms with Crippen LogP contribution in [0, 0.1) is 29.1 Å². The lowest BCUT2D eigenvalue weighted by atomic mass is 9.51. The molecule has 0 spiro atoms. The topological polar surface area (TPSA) is 93.1 Å². The quantitative estimate of drug-likeness (QED) is 0.154. The second-order valence-electron chi connectivity index (χ2n) is 14.0. The van der Waals surface area contributed by atoms with E-state index in [0.717, 1.165) is 70.8 Å². The van der Waals surface area contributed by atoms with Gasteiger partial charge in [0.05, 0.1) is 26.6 Å². The molecule has 0 saturated heterocycles. The van der Waals surface area contributed by atoms with Gasteiger partial charge in [0.1, 0.15) is 5.60 Å². The van der Waals surface area contributed by atoms with Crippen molar-refractivity contribution in [2.75, 3.05) is 32.2 Å². The van der Waals surface area contributed by atoms with Crippen molar-refractivity contribution < 1.29 is 29.0 Å². The van der Waals surface area contributed by atoms with Crippen LogP contribution in [-0.4, -0.2) is 55.7 Å². The molecule has 0 bridgehead atoms. The van der Waals surface area contributed by atoms with Gasteiger partial charge in [-0.2, -0.15) is 0 Å². The summed E-state index contributed by atoms with van der Waals surface area (Å²) in [5.41, 5.74) is 5.45. The number of hydrogen-bond donors (Lipinski definition) is 1. The number of rotatable bonds is 12. The number of esters is 2. The zero-order valence-electron chi connectivity index (χ0n) is 28.2. The SMILES string of the molecule is CC#C[C@]1(O)CC[C@H]2[C@@H]3CCC4=CC(=O)CCC4=C3[C@@H](c3ccc(N(C)CCCCCCOC(=O)CCC(=O)OC)cc3)C[C@@]21C. The van der Waals surface area contributed by atoms with Crippen LogP contribution in [0.2, 0.25) is 0 Å². The van der Waals surface area contributed by atoms with Gasteiger partial charge in [0.15, 0.2) is 5.78 Å². The van der Waals surface area contributed by atoms with Crippen LogP contribution < -0.4 is 4.90 Å². The van der Waals surface area contributed by atoms with Gasteiger partial charge in [0.2, 0.25) is 0 Å². The van der Waals surface area contributed by atoms with E-state index in [1.807, 2.05) is 13.0 Å². The monoisotopic (exact) mass is 629 g/mol. The average molecular weight is 630 g/mol. The molecule has 5 atom stereocenters. The number of allylic oxidation sites excluding steroid dienone is 4. The highest BCUT2D eigenvalue weighted by Crippen LogP contribution is 2.66. The molecule has 7 heteroatoms. The normalized spacial score (nSPS) is 28.2. The van der Waals surface area contributed by atoms with E-state index >= 15 is 0 Å². The van der Waals surface area contributed by atoms with E-state index in [4.69, 9.17) is 4.74 Å². The molecular formula is C39H51NO6. The summed E-state index contributed by atoms with van der Waals surface area (Å²) in [6.45, 7) is 5.44. The van der Waals surface area contributed by atoms with Crippen molar-refractivity contribution in [2.45, 2.75) is 109 Å². The van der Waals surface area contributed by atoms with Crippen LogP contribution in [-0.2, 0) is 23.9 Å². The number of hydrogen-bond acceptors (Lipinski definition) is 7. The van der Waals surface area contributed by atoms with Gasteiger partial charge in [-0.1, -0.05) is 37.0 Å². The first kappa shape index (κ1) is 34.0. The van der Waals surface area contributed by atoms with Crippen molar-refractivity contribution in [2.24, 2.45) is 17.3 Å². The van der Waals surface area contributed by atoms with Crippen LogP contribution >= 0.6 is 0 Å². The number of carbonyl (C=O) groups excluding carboxylic acids is 3. The Morgan fingerprint density at radius 3 is 2.50 bits per heavy atom. The van der Waals surface area contributed by atoms with Crippen LogP contribution in [0.5, 0.6) is 0 Å². The summed E-state index contributed by atoms with van der Waals surface area (Å²) in [5.74, 6) is 6.83. The third kappa shape index (κ3) is 6.98. The summed E-state index contributed by atoms with van der Waals surface area (Å²) in [6.07, 6.45) is 12.0. The van der Waals surface area contributed by atoms with Crippen molar-refractivity contribution in [3.05, 3.63) is 52.6 Å². The first-order chi connectivity index (χ1) is 22.1. The largest absolute Gasteiger partial charge is 0.469 e. The Morgan fingerprint density at radius 1 is 1.02 bits per heavy atom. The Morgan fingerprint density at radius 2 is 1.76 bits per heavy atom. The maximum absolute atomic E-state index is 12.4. The van der Waals surface area contributed by atoms with E-state index in [2.05, 4.69) is 59.7 Å². The number of fused-ring (bicyclic) bond motifs is 4. The average Bonchev–Trinajstić information content (AvgIpc) is 3.31. The Hall–Kier alpha value is -3.37. The highest BCUT2D eigenvalue weighted by molar-refractivity contribution is 5.93. The fourth-order valence-corrected chi connectivity index (χ4v) is 8.84. The molecule has 0 radical (unpaired) electrons. The summed E-state index contributed by atoms with van der Waals surface area (Å²) in [4.78, 5) is 37.5. The molecule has 4 aliphatic rings. The van der Waals surface area contributed by atoms with Gasteiger partial charge < -0.3 is 19.5 Å². The Balaban J connectivity index is 1.22. The lowest BCUT2D eigenvalue weighted by Gasteiger charge is -2.53. The molecular weight excluding hydrogens is 578 g/mol. The molecule has 1 N–H and O–H groups in total. The third-order valence-electron chi connectivity index (χ3n) is 11.4. The zero-order valence-corrected chi connectivity index (χ0v) is 28.2. The summed E-state index contributed by atoms with van der Waals surface area (Å²) in [7, 11) is 3.44. The molecule has 46 heavy (non-hydrogen) atoms. The first-order valence-electron chi connectivity index (χ1n) is 17.3. The van der Waals surface area contributed by atoms with Gasteiger partial charge in [0, 0.05) is 37.0 Å². The van der Waals surface area contributed by atoms with Crippen molar-refractivity contribution in [3.63, 3.8) is 0 Å². The maximum Gasteiger partial charge on any atom is 0.306 e. The molecule has 2 fully saturated rings. The number of aliphatic hydroxyl groups is 1. The number of carbonyl (C=O) groups is 3. The van der Waals surface area contributed by atoms with E-state index in [9.17, 15) is 19.5 Å². The number of ether oxygens (including phenoxy) is 2. The van der Waals surface area contributed by atoms with Gasteiger partial charge in [-0.15, -0.1) is 5.92 Å². The molecule has 7 nitrogen and oxygen atoms in total. The molecule has 0 aromatic heterocycles. The summed E-state index contributed by atoms with van der Waals surface area (Å²) in [6, 6.07) is 9.03. The number of methoxy groups -OCH3 is 1. The predicted octanol–water partition coefficient (Wildman–Crippen LogP) is 6.83. The van der Waals surface area contributed by atoms with Gasteiger partial charge in [-0.05, 0) is 111 Å². The van der Waals surface area contributed by atoms with E-state index in [-0.39, 0.29) is 35.9 Å². The minimum Gasteiger partial charge on any atom is -0.469 e. The Bertz CT molecular complexity index is 1430. The van der Waals surface area contributed by atoms with Crippen LogP contribution in [0.25, 0.3) is 0 Å². The minimum absolute atomic E-state index is 0.0561. The number of unbranched alkanes of at least 4 members (excludes halogenated alkanes) is 3. The van der Waals surface area contributed by atoms with Gasteiger partial charge in [-0.3, -0.25) is 14.4 Å². The van der Waals surface area contributed by atoms with Gasteiger partial charge >= 0.3 is 11.9 Å². The Labute approximate surface area is 274 Å². The van der Waals surface area contributed by atoms with Crippen molar-refractivity contribution in [1.29, 1.82) is 0 Å². The van der Waals surface area contributed by atoms with E-state index in [1.54, 1.807) is 0 Å². The molecule has 5 rings (SSSR count). The molecule has 2 saturated carbocycles. The minimum atomic E-state index is -0.966. The molecule has 4 aliphatic carbocycles. The van der Waals surface area contributed by atoms with Crippen molar-refractivity contribution >= 4 is 23.4 Å². The summed E-state index contributed by atoms with van der Waals surface area (Å²) >= 11 is 0. The standard InChI is InChI=1S/C39H51NO6/c1-5-21-39(44)22-20-34-32-16-12-28-25-30(41)15-17-31(28)37(32)33(26-38(34,39)2)27-10-13-29(14-11-27)40(3)23-8-6-7-9-24-46-36(43)19-18-35(42)45-4/h10-11,13-14,25,32-34,44H,6-9,12,15-20,22-24,26H2,1-4H3/t32-,33+,34-,38-,39-/m0/s1. The summed E-state index contributed by atoms with van der Waals surface area (Å²) in [5, 5.41) is 11.9. The van der Waals surface area contributed by atoms with Crippen LogP contribution in [0.1, 0.15) is 109 Å². The lowest BCUT2D eigenvalue weighted by molar-refractivity contribution is -0.149. The van der Waals surface area contributed by atoms with E-state index in [1.165, 1.54) is 35.1 Å². The molecule has 0 aliphatic heterocycles. The fourth-order valence-electron chi connectivity index (χ4n) is 8.84. The van der Waals surface area contributed by atoms with Gasteiger partial charge in [0.25, 0.3) is 0 Å². The molecule has 1 aromatic carbocycles. The van der Waals surface area contributed by atoms with Crippen LogP contribution in [0.3, 0.4) is 0 Å². The number of benzene rings is 1. The van der Waals surface area contributed by atoms with Crippen molar-refractivity contribution in [3.8, 4) is 11.8 Å². The zero-order chi connectivity index (χ0) is 32.9. The number of nitrogens with zero attached hydrogens (tertiary/aromatic N) is 1. The van der Waals surface area contributed by atoms with Gasteiger partial charge in [-0.25, -0.2) is 0 Å². The smallest absolute Gasteiger partial charge is 0.306 e.